The lowest BCUT2D eigenvalue weighted by atomic mass is 9.97. The van der Waals surface area contributed by atoms with Crippen molar-refractivity contribution in [3.05, 3.63) is 95.8 Å². The summed E-state index contributed by atoms with van der Waals surface area (Å²) < 4.78 is 12.9. The van der Waals surface area contributed by atoms with Gasteiger partial charge in [-0.3, -0.25) is 0 Å². The van der Waals surface area contributed by atoms with Gasteiger partial charge in [-0.1, -0.05) is 59.8 Å². The molecule has 1 heterocycles. The minimum Gasteiger partial charge on any atom is -0.497 e. The molecule has 4 aromatic rings. The fourth-order valence-corrected chi connectivity index (χ4v) is 3.28. The minimum absolute atomic E-state index is 0.402. The Morgan fingerprint density at radius 2 is 1.72 bits per heavy atom. The molecule has 0 amide bonds. The quantitative estimate of drug-likeness (QED) is 0.451. The van der Waals surface area contributed by atoms with Gasteiger partial charge < -0.3 is 9.47 Å². The van der Waals surface area contributed by atoms with E-state index in [2.05, 4.69) is 59.7 Å². The molecule has 0 fully saturated rings. The van der Waals surface area contributed by atoms with Crippen LogP contribution >= 0.6 is 0 Å². The molecule has 0 spiro atoms. The fraction of sp³-hybridized carbons (Fsp3) is 0.167. The molecule has 0 N–H and O–H groups in total. The Bertz CT molecular complexity index is 1090. The Balaban J connectivity index is 1.42. The highest BCUT2D eigenvalue weighted by atomic mass is 16.5. The first-order valence-corrected chi connectivity index (χ1v) is 9.52. The molecule has 4 rings (SSSR count). The van der Waals surface area contributed by atoms with Crippen LogP contribution in [0.4, 0.5) is 0 Å². The Morgan fingerprint density at radius 1 is 0.897 bits per heavy atom. The Kier molecular flexibility index (Phi) is 5.68. The van der Waals surface area contributed by atoms with Gasteiger partial charge in [0.2, 0.25) is 0 Å². The molecule has 0 aliphatic carbocycles. The van der Waals surface area contributed by atoms with Gasteiger partial charge in [0.1, 0.15) is 11.4 Å². The van der Waals surface area contributed by atoms with Gasteiger partial charge in [0.25, 0.3) is 0 Å². The molecule has 0 aliphatic heterocycles. The average Bonchev–Trinajstić information content (AvgIpc) is 3.25. The van der Waals surface area contributed by atoms with E-state index in [1.165, 1.54) is 22.3 Å². The van der Waals surface area contributed by atoms with Crippen molar-refractivity contribution in [1.82, 2.24) is 15.0 Å². The zero-order chi connectivity index (χ0) is 20.1. The molecule has 5 nitrogen and oxygen atoms in total. The first-order valence-electron chi connectivity index (χ1n) is 9.52. The van der Waals surface area contributed by atoms with Crippen LogP contribution in [0.5, 0.6) is 5.75 Å². The zero-order valence-electron chi connectivity index (χ0n) is 16.6. The van der Waals surface area contributed by atoms with E-state index in [4.69, 9.17) is 9.47 Å². The highest BCUT2D eigenvalue weighted by Gasteiger charge is 2.08. The van der Waals surface area contributed by atoms with Gasteiger partial charge in [0.15, 0.2) is 0 Å². The van der Waals surface area contributed by atoms with Crippen molar-refractivity contribution in [3.63, 3.8) is 0 Å². The number of hydrogen-bond acceptors (Lipinski definition) is 4. The Hall–Kier alpha value is -3.44. The van der Waals surface area contributed by atoms with Crippen LogP contribution in [0.2, 0.25) is 0 Å². The van der Waals surface area contributed by atoms with Crippen LogP contribution in [0.3, 0.4) is 0 Å². The van der Waals surface area contributed by atoms with Crippen molar-refractivity contribution < 1.29 is 9.47 Å². The highest BCUT2D eigenvalue weighted by molar-refractivity contribution is 5.68. The minimum atomic E-state index is 0.402. The summed E-state index contributed by atoms with van der Waals surface area (Å²) in [7, 11) is 1.65. The number of hydrogen-bond donors (Lipinski definition) is 0. The molecule has 0 radical (unpaired) electrons. The normalized spacial score (nSPS) is 10.8. The third-order valence-corrected chi connectivity index (χ3v) is 4.90. The number of methoxy groups -OCH3 is 1. The molecule has 0 bridgehead atoms. The van der Waals surface area contributed by atoms with E-state index in [-0.39, 0.29) is 0 Å². The van der Waals surface area contributed by atoms with Crippen molar-refractivity contribution in [3.8, 4) is 22.6 Å². The zero-order valence-corrected chi connectivity index (χ0v) is 16.6. The van der Waals surface area contributed by atoms with Gasteiger partial charge in [-0.25, -0.2) is 4.68 Å². The fourth-order valence-electron chi connectivity index (χ4n) is 3.28. The van der Waals surface area contributed by atoms with Gasteiger partial charge in [-0.15, -0.1) is 5.10 Å². The van der Waals surface area contributed by atoms with Crippen LogP contribution in [0.25, 0.3) is 16.8 Å². The van der Waals surface area contributed by atoms with Crippen LogP contribution < -0.4 is 4.74 Å². The molecular formula is C24H23N3O2. The second kappa shape index (κ2) is 8.71. The lowest BCUT2D eigenvalue weighted by Crippen LogP contribution is -1.98. The number of ether oxygens (including phenoxy) is 2. The average molecular weight is 385 g/mol. The van der Waals surface area contributed by atoms with Gasteiger partial charge in [-0.2, -0.15) is 0 Å². The van der Waals surface area contributed by atoms with E-state index in [0.717, 1.165) is 17.1 Å². The number of rotatable bonds is 7. The van der Waals surface area contributed by atoms with Crippen molar-refractivity contribution in [2.45, 2.75) is 20.1 Å². The van der Waals surface area contributed by atoms with Crippen LogP contribution in [0, 0.1) is 6.92 Å². The van der Waals surface area contributed by atoms with Gasteiger partial charge >= 0.3 is 0 Å². The molecule has 3 aromatic carbocycles. The van der Waals surface area contributed by atoms with Gasteiger partial charge in [0.05, 0.1) is 32.2 Å². The molecule has 0 unspecified atom stereocenters. The van der Waals surface area contributed by atoms with Crippen molar-refractivity contribution in [2.24, 2.45) is 0 Å². The number of nitrogens with zero attached hydrogens (tertiary/aromatic N) is 3. The standard InChI is InChI=1S/C24H23N3O2/c1-18-20(10-6-13-24(18)19-8-4-3-5-9-19)16-29-17-21-15-27(26-25-21)22-11-7-12-23(14-22)28-2/h3-15H,16-17H2,1-2H3. The molecule has 146 valence electrons. The van der Waals surface area contributed by atoms with Crippen LogP contribution in [0.1, 0.15) is 16.8 Å². The predicted molar refractivity (Wildman–Crippen MR) is 113 cm³/mol. The number of aromatic nitrogens is 3. The summed E-state index contributed by atoms with van der Waals surface area (Å²) in [6.45, 7) is 3.07. The van der Waals surface area contributed by atoms with Crippen LogP contribution in [-0.4, -0.2) is 22.1 Å². The molecular weight excluding hydrogens is 362 g/mol. The van der Waals surface area contributed by atoms with E-state index in [0.29, 0.717) is 13.2 Å². The monoisotopic (exact) mass is 385 g/mol. The summed E-state index contributed by atoms with van der Waals surface area (Å²) in [6.07, 6.45) is 1.88. The number of benzene rings is 3. The maximum atomic E-state index is 5.93. The third kappa shape index (κ3) is 4.36. The van der Waals surface area contributed by atoms with E-state index in [1.54, 1.807) is 11.8 Å². The van der Waals surface area contributed by atoms with E-state index >= 15 is 0 Å². The summed E-state index contributed by atoms with van der Waals surface area (Å²) in [5.74, 6) is 0.782. The maximum absolute atomic E-state index is 5.93. The third-order valence-electron chi connectivity index (χ3n) is 4.90. The molecule has 5 heteroatoms. The Labute approximate surface area is 170 Å². The summed E-state index contributed by atoms with van der Waals surface area (Å²) in [6, 6.07) is 24.4. The second-order valence-electron chi connectivity index (χ2n) is 6.80. The highest BCUT2D eigenvalue weighted by Crippen LogP contribution is 2.26. The smallest absolute Gasteiger partial charge is 0.121 e. The summed E-state index contributed by atoms with van der Waals surface area (Å²) in [5, 5.41) is 8.40. The van der Waals surface area contributed by atoms with Crippen LogP contribution in [0.15, 0.2) is 79.0 Å². The van der Waals surface area contributed by atoms with Crippen molar-refractivity contribution in [2.75, 3.05) is 7.11 Å². The Morgan fingerprint density at radius 3 is 2.55 bits per heavy atom. The van der Waals surface area contributed by atoms with Crippen molar-refractivity contribution >= 4 is 0 Å². The van der Waals surface area contributed by atoms with Crippen LogP contribution in [-0.2, 0) is 18.0 Å². The summed E-state index contributed by atoms with van der Waals surface area (Å²) in [4.78, 5) is 0. The van der Waals surface area contributed by atoms with Gasteiger partial charge in [-0.05, 0) is 41.3 Å². The SMILES string of the molecule is COc1cccc(-n2cc(COCc3cccc(-c4ccccc4)c3C)nn2)c1. The lowest BCUT2D eigenvalue weighted by molar-refractivity contribution is 0.104. The second-order valence-corrected chi connectivity index (χ2v) is 6.80. The summed E-state index contributed by atoms with van der Waals surface area (Å²) in [5.41, 5.74) is 6.54. The van der Waals surface area contributed by atoms with E-state index < -0.39 is 0 Å². The van der Waals surface area contributed by atoms with E-state index in [1.807, 2.05) is 36.5 Å². The topological polar surface area (TPSA) is 49.2 Å². The first-order chi connectivity index (χ1) is 14.2. The first kappa shape index (κ1) is 18.9. The maximum Gasteiger partial charge on any atom is 0.121 e. The van der Waals surface area contributed by atoms with Gasteiger partial charge in [0, 0.05) is 6.07 Å². The molecule has 1 aromatic heterocycles. The largest absolute Gasteiger partial charge is 0.497 e. The molecule has 29 heavy (non-hydrogen) atoms. The van der Waals surface area contributed by atoms with E-state index in [9.17, 15) is 0 Å². The predicted octanol–water partition coefficient (Wildman–Crippen LogP) is 4.97. The van der Waals surface area contributed by atoms with Crippen molar-refractivity contribution in [1.29, 1.82) is 0 Å². The molecule has 0 saturated heterocycles. The lowest BCUT2D eigenvalue weighted by Gasteiger charge is -2.11. The molecule has 0 aliphatic rings. The summed E-state index contributed by atoms with van der Waals surface area (Å²) >= 11 is 0. The molecule has 0 saturated carbocycles. The molecule has 0 atom stereocenters.